The Bertz CT molecular complexity index is 575. The van der Waals surface area contributed by atoms with Crippen LogP contribution in [0, 0.1) is 5.92 Å². The minimum Gasteiger partial charge on any atom is -0.352 e. The number of hydrogen-bond acceptors (Lipinski definition) is 3. The van der Waals surface area contributed by atoms with Gasteiger partial charge in [0.2, 0.25) is 5.91 Å². The first-order valence-corrected chi connectivity index (χ1v) is 8.42. The molecule has 2 unspecified atom stereocenters. The smallest absolute Gasteiger partial charge is 0.251 e. The zero-order chi connectivity index (χ0) is 16.9. The molecule has 0 saturated heterocycles. The van der Waals surface area contributed by atoms with Crippen LogP contribution in [0.3, 0.4) is 0 Å². The van der Waals surface area contributed by atoms with Gasteiger partial charge in [0, 0.05) is 23.3 Å². The second kappa shape index (κ2) is 9.04. The van der Waals surface area contributed by atoms with E-state index in [1.165, 1.54) is 0 Å². The average molecular weight is 354 g/mol. The second-order valence-electron chi connectivity index (χ2n) is 6.63. The molecule has 4 N–H and O–H groups in total. The standard InChI is InChI=1S/C18H27N3O2.ClH/c1-3-11-20-16(22)13-7-6-8-14(12-13)21-17(23)15-9-4-5-10-18(15,2)19;/h6-8,12,15H,3-5,9-11,19H2,1-2H3,(H,20,22)(H,21,23);1H. The number of benzene rings is 1. The van der Waals surface area contributed by atoms with Crippen LogP contribution in [0.5, 0.6) is 0 Å². The lowest BCUT2D eigenvalue weighted by Crippen LogP contribution is -2.51. The van der Waals surface area contributed by atoms with Crippen LogP contribution in [-0.2, 0) is 4.79 Å². The van der Waals surface area contributed by atoms with Crippen molar-refractivity contribution in [3.05, 3.63) is 29.8 Å². The number of nitrogens with one attached hydrogen (secondary N) is 2. The third-order valence-corrected chi connectivity index (χ3v) is 4.50. The van der Waals surface area contributed by atoms with Gasteiger partial charge in [-0.1, -0.05) is 25.8 Å². The molecule has 1 aromatic carbocycles. The molecule has 0 spiro atoms. The first kappa shape index (κ1) is 20.5. The number of carbonyl (C=O) groups excluding carboxylic acids is 2. The predicted octanol–water partition coefficient (Wildman–Crippen LogP) is 3.09. The van der Waals surface area contributed by atoms with Crippen LogP contribution in [0.2, 0.25) is 0 Å². The topological polar surface area (TPSA) is 84.2 Å². The normalized spacial score (nSPS) is 23.0. The lowest BCUT2D eigenvalue weighted by atomic mass is 9.74. The number of hydrogen-bond donors (Lipinski definition) is 3. The number of anilines is 1. The Balaban J connectivity index is 0.00000288. The molecule has 1 aliphatic carbocycles. The van der Waals surface area contributed by atoms with E-state index < -0.39 is 5.54 Å². The summed E-state index contributed by atoms with van der Waals surface area (Å²) in [7, 11) is 0. The van der Waals surface area contributed by atoms with Gasteiger partial charge >= 0.3 is 0 Å². The molecule has 134 valence electrons. The van der Waals surface area contributed by atoms with Crippen molar-refractivity contribution in [3.63, 3.8) is 0 Å². The minimum absolute atomic E-state index is 0. The van der Waals surface area contributed by atoms with Gasteiger partial charge in [-0.05, 0) is 44.4 Å². The van der Waals surface area contributed by atoms with Crippen LogP contribution < -0.4 is 16.4 Å². The lowest BCUT2D eigenvalue weighted by Gasteiger charge is -2.37. The highest BCUT2D eigenvalue weighted by molar-refractivity contribution is 5.98. The van der Waals surface area contributed by atoms with E-state index >= 15 is 0 Å². The highest BCUT2D eigenvalue weighted by Gasteiger charge is 2.37. The van der Waals surface area contributed by atoms with Gasteiger partial charge < -0.3 is 16.4 Å². The SMILES string of the molecule is CCCNC(=O)c1cccc(NC(=O)C2CCCCC2(C)N)c1.Cl. The molecule has 1 aromatic rings. The number of halogens is 1. The number of rotatable bonds is 5. The van der Waals surface area contributed by atoms with Crippen LogP contribution in [0.4, 0.5) is 5.69 Å². The van der Waals surface area contributed by atoms with Crippen LogP contribution >= 0.6 is 12.4 Å². The Morgan fingerprint density at radius 3 is 2.75 bits per heavy atom. The summed E-state index contributed by atoms with van der Waals surface area (Å²) >= 11 is 0. The molecular formula is C18H28ClN3O2. The van der Waals surface area contributed by atoms with Crippen LogP contribution in [0.15, 0.2) is 24.3 Å². The summed E-state index contributed by atoms with van der Waals surface area (Å²) in [5.74, 6) is -0.362. The first-order valence-electron chi connectivity index (χ1n) is 8.42. The van der Waals surface area contributed by atoms with Gasteiger partial charge in [0.05, 0.1) is 5.92 Å². The largest absolute Gasteiger partial charge is 0.352 e. The Kier molecular flexibility index (Phi) is 7.70. The van der Waals surface area contributed by atoms with Gasteiger partial charge in [0.25, 0.3) is 5.91 Å². The van der Waals surface area contributed by atoms with E-state index in [2.05, 4.69) is 10.6 Å². The Labute approximate surface area is 150 Å². The molecule has 0 bridgehead atoms. The van der Waals surface area contributed by atoms with Gasteiger partial charge in [-0.15, -0.1) is 12.4 Å². The molecule has 5 nitrogen and oxygen atoms in total. The van der Waals surface area contributed by atoms with Gasteiger partial charge in [-0.25, -0.2) is 0 Å². The summed E-state index contributed by atoms with van der Waals surface area (Å²) in [5.41, 5.74) is 7.02. The van der Waals surface area contributed by atoms with Gasteiger partial charge in [0.15, 0.2) is 0 Å². The molecule has 24 heavy (non-hydrogen) atoms. The number of nitrogens with two attached hydrogens (primary N) is 1. The van der Waals surface area contributed by atoms with E-state index in [1.807, 2.05) is 13.8 Å². The van der Waals surface area contributed by atoms with Crippen LogP contribution in [0.25, 0.3) is 0 Å². The van der Waals surface area contributed by atoms with Gasteiger partial charge in [0.1, 0.15) is 0 Å². The minimum atomic E-state index is -0.460. The Morgan fingerprint density at radius 1 is 1.33 bits per heavy atom. The van der Waals surface area contributed by atoms with Crippen LogP contribution in [-0.4, -0.2) is 23.9 Å². The molecule has 0 aliphatic heterocycles. The number of amides is 2. The monoisotopic (exact) mass is 353 g/mol. The molecule has 1 aliphatic rings. The van der Waals surface area contributed by atoms with Crippen molar-refractivity contribution in [1.29, 1.82) is 0 Å². The van der Waals surface area contributed by atoms with E-state index in [0.29, 0.717) is 17.8 Å². The van der Waals surface area contributed by atoms with E-state index in [4.69, 9.17) is 5.73 Å². The van der Waals surface area contributed by atoms with E-state index in [-0.39, 0.29) is 30.1 Å². The maximum absolute atomic E-state index is 12.5. The molecule has 0 aromatic heterocycles. The quantitative estimate of drug-likeness (QED) is 0.760. The predicted molar refractivity (Wildman–Crippen MR) is 99.5 cm³/mol. The molecule has 2 amide bonds. The third-order valence-electron chi connectivity index (χ3n) is 4.50. The molecule has 2 rings (SSSR count). The zero-order valence-corrected chi connectivity index (χ0v) is 15.2. The number of carbonyl (C=O) groups is 2. The fourth-order valence-corrected chi connectivity index (χ4v) is 3.10. The zero-order valence-electron chi connectivity index (χ0n) is 14.4. The lowest BCUT2D eigenvalue weighted by molar-refractivity contribution is -0.122. The molecule has 1 saturated carbocycles. The second-order valence-corrected chi connectivity index (χ2v) is 6.63. The molecule has 2 atom stereocenters. The summed E-state index contributed by atoms with van der Waals surface area (Å²) in [6.45, 7) is 4.60. The molecular weight excluding hydrogens is 326 g/mol. The third kappa shape index (κ3) is 5.21. The van der Waals surface area contributed by atoms with Crippen molar-refractivity contribution < 1.29 is 9.59 Å². The summed E-state index contributed by atoms with van der Waals surface area (Å²) in [4.78, 5) is 24.5. The van der Waals surface area contributed by atoms with Crippen molar-refractivity contribution in [2.75, 3.05) is 11.9 Å². The fraction of sp³-hybridized carbons (Fsp3) is 0.556. The maximum atomic E-state index is 12.5. The summed E-state index contributed by atoms with van der Waals surface area (Å²) in [5, 5.41) is 5.75. The van der Waals surface area contributed by atoms with Crippen molar-refractivity contribution in [1.82, 2.24) is 5.32 Å². The van der Waals surface area contributed by atoms with E-state index in [9.17, 15) is 9.59 Å². The Morgan fingerprint density at radius 2 is 2.08 bits per heavy atom. The molecule has 0 radical (unpaired) electrons. The molecule has 1 fully saturated rings. The van der Waals surface area contributed by atoms with E-state index in [0.717, 1.165) is 32.1 Å². The Hall–Kier alpha value is -1.59. The maximum Gasteiger partial charge on any atom is 0.251 e. The summed E-state index contributed by atoms with van der Waals surface area (Å²) in [6.07, 6.45) is 4.67. The summed E-state index contributed by atoms with van der Waals surface area (Å²) < 4.78 is 0. The highest BCUT2D eigenvalue weighted by atomic mass is 35.5. The molecule has 6 heteroatoms. The van der Waals surface area contributed by atoms with Gasteiger partial charge in [-0.3, -0.25) is 9.59 Å². The molecule has 0 heterocycles. The van der Waals surface area contributed by atoms with Gasteiger partial charge in [-0.2, -0.15) is 0 Å². The highest BCUT2D eigenvalue weighted by Crippen LogP contribution is 2.32. The van der Waals surface area contributed by atoms with Crippen molar-refractivity contribution >= 4 is 29.9 Å². The summed E-state index contributed by atoms with van der Waals surface area (Å²) in [6, 6.07) is 7.03. The van der Waals surface area contributed by atoms with Crippen molar-refractivity contribution in [2.24, 2.45) is 11.7 Å². The van der Waals surface area contributed by atoms with Crippen molar-refractivity contribution in [3.8, 4) is 0 Å². The average Bonchev–Trinajstić information content (AvgIpc) is 2.52. The first-order chi connectivity index (χ1) is 10.9. The van der Waals surface area contributed by atoms with E-state index in [1.54, 1.807) is 24.3 Å². The van der Waals surface area contributed by atoms with Crippen LogP contribution in [0.1, 0.15) is 56.3 Å². The van der Waals surface area contributed by atoms with Crippen molar-refractivity contribution in [2.45, 2.75) is 51.5 Å². The fourth-order valence-electron chi connectivity index (χ4n) is 3.10.